The van der Waals surface area contributed by atoms with Crippen molar-refractivity contribution >= 4 is 28.5 Å². The number of nitrogens with zero attached hydrogens (tertiary/aromatic N) is 5. The minimum atomic E-state index is -1.00. The quantitative estimate of drug-likeness (QED) is 0.307. The van der Waals surface area contributed by atoms with Gasteiger partial charge in [-0.25, -0.2) is 9.78 Å². The number of nitrogens with one attached hydrogen (secondary N) is 1. The van der Waals surface area contributed by atoms with E-state index in [4.69, 9.17) is 4.98 Å². The molecule has 0 spiro atoms. The molecular formula is C31H30N6O3. The number of carbonyl (C=O) groups is 1. The van der Waals surface area contributed by atoms with Gasteiger partial charge in [-0.1, -0.05) is 42.5 Å². The summed E-state index contributed by atoms with van der Waals surface area (Å²) in [5, 5.41) is 17.9. The van der Waals surface area contributed by atoms with Gasteiger partial charge >= 0.3 is 5.97 Å². The fourth-order valence-corrected chi connectivity index (χ4v) is 5.52. The van der Waals surface area contributed by atoms with Crippen LogP contribution in [0, 0.1) is 6.92 Å². The number of anilines is 2. The number of aromatic nitrogens is 4. The molecule has 2 aromatic heterocycles. The first-order valence-corrected chi connectivity index (χ1v) is 13.2. The summed E-state index contributed by atoms with van der Waals surface area (Å²) in [7, 11) is 1.86. The molecule has 0 radical (unpaired) electrons. The summed E-state index contributed by atoms with van der Waals surface area (Å²) in [6.07, 6.45) is 3.68. The maximum atomic E-state index is 14.2. The van der Waals surface area contributed by atoms with Crippen molar-refractivity contribution in [1.82, 2.24) is 19.3 Å². The average molecular weight is 535 g/mol. The predicted octanol–water partition coefficient (Wildman–Crippen LogP) is 4.88. The van der Waals surface area contributed by atoms with Crippen LogP contribution in [0.5, 0.6) is 0 Å². The molecule has 9 nitrogen and oxygen atoms in total. The van der Waals surface area contributed by atoms with E-state index < -0.39 is 5.97 Å². The van der Waals surface area contributed by atoms with E-state index in [1.165, 1.54) is 11.1 Å². The summed E-state index contributed by atoms with van der Waals surface area (Å²) >= 11 is 0. The normalized spacial score (nSPS) is 13.4. The zero-order chi connectivity index (χ0) is 28.0. The van der Waals surface area contributed by atoms with Crippen LogP contribution in [-0.4, -0.2) is 30.4 Å². The van der Waals surface area contributed by atoms with Gasteiger partial charge < -0.3 is 15.3 Å². The van der Waals surface area contributed by atoms with E-state index in [1.54, 1.807) is 39.7 Å². The minimum absolute atomic E-state index is 0.122. The van der Waals surface area contributed by atoms with Crippen molar-refractivity contribution in [2.45, 2.75) is 39.5 Å². The molecule has 1 atom stereocenters. The number of aryl methyl sites for hydroxylation is 2. The van der Waals surface area contributed by atoms with Crippen LogP contribution in [0.1, 0.15) is 51.1 Å². The zero-order valence-electron chi connectivity index (χ0n) is 22.6. The van der Waals surface area contributed by atoms with Crippen LogP contribution in [0.15, 0.2) is 77.9 Å². The summed E-state index contributed by atoms with van der Waals surface area (Å²) in [5.74, 6) is -0.405. The zero-order valence-corrected chi connectivity index (χ0v) is 22.6. The van der Waals surface area contributed by atoms with Crippen molar-refractivity contribution in [2.75, 3.05) is 10.2 Å². The Labute approximate surface area is 231 Å². The fraction of sp³-hybridized carbons (Fsp3) is 0.226. The van der Waals surface area contributed by atoms with Gasteiger partial charge in [0.2, 0.25) is 5.95 Å². The molecule has 0 bridgehead atoms. The Morgan fingerprint density at radius 1 is 1.07 bits per heavy atom. The average Bonchev–Trinajstić information content (AvgIpc) is 3.56. The first-order chi connectivity index (χ1) is 19.3. The SMILES string of the molecule is Cc1cc(C(C)Nc2ccccc2C(=O)O)c2nc(N3Cc4ccccc4C3)n(Cc3cnn(C)c3)c(=O)c2c1. The maximum Gasteiger partial charge on any atom is 0.337 e. The number of para-hydroxylation sites is 1. The third kappa shape index (κ3) is 4.59. The van der Waals surface area contributed by atoms with Crippen molar-refractivity contribution in [2.24, 2.45) is 7.05 Å². The molecule has 9 heteroatoms. The van der Waals surface area contributed by atoms with Crippen LogP contribution >= 0.6 is 0 Å². The smallest absolute Gasteiger partial charge is 0.337 e. The summed E-state index contributed by atoms with van der Waals surface area (Å²) in [4.78, 5) is 33.3. The first kappa shape index (κ1) is 25.4. The van der Waals surface area contributed by atoms with Gasteiger partial charge in [0.05, 0.1) is 35.2 Å². The molecule has 0 saturated carbocycles. The Hall–Kier alpha value is -4.92. The Kier molecular flexibility index (Phi) is 6.34. The van der Waals surface area contributed by atoms with E-state index in [0.717, 1.165) is 16.7 Å². The van der Waals surface area contributed by atoms with Crippen LogP contribution in [0.4, 0.5) is 11.6 Å². The summed E-state index contributed by atoms with van der Waals surface area (Å²) in [6.45, 7) is 5.57. The minimum Gasteiger partial charge on any atom is -0.478 e. The van der Waals surface area contributed by atoms with Crippen molar-refractivity contribution in [3.63, 3.8) is 0 Å². The van der Waals surface area contributed by atoms with Gasteiger partial charge in [0.1, 0.15) is 0 Å². The largest absolute Gasteiger partial charge is 0.478 e. The van der Waals surface area contributed by atoms with Crippen molar-refractivity contribution in [3.05, 3.63) is 117 Å². The van der Waals surface area contributed by atoms with Gasteiger partial charge in [-0.3, -0.25) is 14.0 Å². The second-order valence-corrected chi connectivity index (χ2v) is 10.4. The number of fused-ring (bicyclic) bond motifs is 2. The number of rotatable bonds is 7. The first-order valence-electron chi connectivity index (χ1n) is 13.2. The lowest BCUT2D eigenvalue weighted by molar-refractivity contribution is 0.0698. The van der Waals surface area contributed by atoms with Gasteiger partial charge in [-0.2, -0.15) is 5.10 Å². The van der Waals surface area contributed by atoms with Crippen molar-refractivity contribution in [1.29, 1.82) is 0 Å². The Morgan fingerprint density at radius 3 is 2.45 bits per heavy atom. The van der Waals surface area contributed by atoms with Crippen molar-refractivity contribution in [3.8, 4) is 0 Å². The molecule has 202 valence electrons. The molecular weight excluding hydrogens is 504 g/mol. The van der Waals surface area contributed by atoms with E-state index in [0.29, 0.717) is 42.2 Å². The number of carboxylic acid groups (broad SMARTS) is 1. The van der Waals surface area contributed by atoms with Gasteiger partial charge in [0.15, 0.2) is 0 Å². The van der Waals surface area contributed by atoms with E-state index >= 15 is 0 Å². The molecule has 0 amide bonds. The molecule has 3 aromatic carbocycles. The van der Waals surface area contributed by atoms with Crippen LogP contribution in [0.2, 0.25) is 0 Å². The van der Waals surface area contributed by atoms with E-state index in [9.17, 15) is 14.7 Å². The number of hydrogen-bond donors (Lipinski definition) is 2. The number of benzene rings is 3. The van der Waals surface area contributed by atoms with E-state index in [2.05, 4.69) is 27.4 Å². The lowest BCUT2D eigenvalue weighted by Crippen LogP contribution is -2.31. The third-order valence-electron chi connectivity index (χ3n) is 7.43. The maximum absolute atomic E-state index is 14.2. The molecule has 6 rings (SSSR count). The van der Waals surface area contributed by atoms with Crippen LogP contribution < -0.4 is 15.8 Å². The standard InChI is InChI=1S/C31H30N6O3/c1-19-12-25(20(2)33-27-11-7-6-10-24(27)30(39)40)28-26(13-19)29(38)37(16-21-14-32-35(3)15-21)31(34-28)36-17-22-8-4-5-9-23(22)18-36/h4-15,20,33H,16-18H2,1-3H3,(H,39,40). The summed E-state index contributed by atoms with van der Waals surface area (Å²) < 4.78 is 3.47. The van der Waals surface area contributed by atoms with E-state index in [1.807, 2.05) is 51.4 Å². The highest BCUT2D eigenvalue weighted by Gasteiger charge is 2.26. The van der Waals surface area contributed by atoms with E-state index in [-0.39, 0.29) is 17.2 Å². The monoisotopic (exact) mass is 534 g/mol. The topological polar surface area (TPSA) is 105 Å². The molecule has 1 aliphatic rings. The Morgan fingerprint density at radius 2 is 1.77 bits per heavy atom. The predicted molar refractivity (Wildman–Crippen MR) is 155 cm³/mol. The molecule has 0 aliphatic carbocycles. The molecule has 40 heavy (non-hydrogen) atoms. The number of hydrogen-bond acceptors (Lipinski definition) is 6. The van der Waals surface area contributed by atoms with Crippen molar-refractivity contribution < 1.29 is 9.90 Å². The highest BCUT2D eigenvalue weighted by Crippen LogP contribution is 2.32. The third-order valence-corrected chi connectivity index (χ3v) is 7.43. The summed E-state index contributed by atoms with van der Waals surface area (Å²) in [6, 6.07) is 18.7. The van der Waals surface area contributed by atoms with Gasteiger partial charge in [-0.05, 0) is 48.7 Å². The Balaban J connectivity index is 1.50. The summed E-state index contributed by atoms with van der Waals surface area (Å²) in [5.41, 5.74) is 6.29. The molecule has 2 N–H and O–H groups in total. The van der Waals surface area contributed by atoms with Gasteiger partial charge in [0, 0.05) is 43.1 Å². The molecule has 1 unspecified atom stereocenters. The number of aromatic carboxylic acids is 1. The lowest BCUT2D eigenvalue weighted by Gasteiger charge is -2.24. The van der Waals surface area contributed by atoms with Gasteiger partial charge in [0.25, 0.3) is 5.56 Å². The van der Waals surface area contributed by atoms with Crippen LogP contribution in [0.25, 0.3) is 10.9 Å². The van der Waals surface area contributed by atoms with Crippen LogP contribution in [-0.2, 0) is 26.7 Å². The molecule has 1 aliphatic heterocycles. The molecule has 3 heterocycles. The number of carboxylic acids is 1. The Bertz CT molecular complexity index is 1800. The second-order valence-electron chi connectivity index (χ2n) is 10.4. The van der Waals surface area contributed by atoms with Gasteiger partial charge in [-0.15, -0.1) is 0 Å². The lowest BCUT2D eigenvalue weighted by atomic mass is 10.0. The molecule has 5 aromatic rings. The second kappa shape index (κ2) is 10.00. The molecule has 0 saturated heterocycles. The highest BCUT2D eigenvalue weighted by molar-refractivity contribution is 5.94. The highest BCUT2D eigenvalue weighted by atomic mass is 16.4. The molecule has 0 fully saturated rings. The fourth-order valence-electron chi connectivity index (χ4n) is 5.52. The van der Waals surface area contributed by atoms with Crippen LogP contribution in [0.3, 0.4) is 0 Å².